The normalized spacial score (nSPS) is 19.6. The van der Waals surface area contributed by atoms with E-state index in [2.05, 4.69) is 0 Å². The Morgan fingerprint density at radius 3 is 2.08 bits per heavy atom. The minimum atomic E-state index is -0.293. The lowest BCUT2D eigenvalue weighted by molar-refractivity contribution is 0.197. The minimum Gasteiger partial charge on any atom is -0.467 e. The summed E-state index contributed by atoms with van der Waals surface area (Å²) in [5.41, 5.74) is 2.80. The molecule has 0 aliphatic carbocycles. The molecule has 3 heteroatoms. The highest BCUT2D eigenvalue weighted by Gasteiger charge is 2.34. The first-order valence-corrected chi connectivity index (χ1v) is 7.91. The number of aliphatic imine (C=N–C) groups is 1. The standard InChI is InChI=1S/C21H16FNO/c22-18-13-7-12-17(14-18)21-23-19(15-8-3-1-4-9-15)20(24-21)16-10-5-2-6-11-16/h1-14,19-20H/t19-,20-/m1/s1. The second-order valence-electron chi connectivity index (χ2n) is 5.75. The Morgan fingerprint density at radius 1 is 0.750 bits per heavy atom. The zero-order valence-electron chi connectivity index (χ0n) is 13.0. The first-order chi connectivity index (χ1) is 11.8. The van der Waals surface area contributed by atoms with E-state index in [1.165, 1.54) is 12.1 Å². The van der Waals surface area contributed by atoms with E-state index in [1.807, 2.05) is 66.7 Å². The molecule has 0 fully saturated rings. The van der Waals surface area contributed by atoms with Gasteiger partial charge in [-0.05, 0) is 29.3 Å². The molecule has 0 aromatic heterocycles. The molecule has 0 saturated heterocycles. The maximum atomic E-state index is 13.6. The van der Waals surface area contributed by atoms with Crippen molar-refractivity contribution < 1.29 is 9.13 Å². The van der Waals surface area contributed by atoms with E-state index in [-0.39, 0.29) is 18.0 Å². The molecule has 3 aromatic rings. The van der Waals surface area contributed by atoms with Crippen LogP contribution < -0.4 is 0 Å². The second kappa shape index (κ2) is 6.28. The van der Waals surface area contributed by atoms with Crippen molar-refractivity contribution in [2.75, 3.05) is 0 Å². The summed E-state index contributed by atoms with van der Waals surface area (Å²) in [5, 5.41) is 0. The van der Waals surface area contributed by atoms with Gasteiger partial charge in [0.05, 0.1) is 0 Å². The summed E-state index contributed by atoms with van der Waals surface area (Å²) >= 11 is 0. The van der Waals surface area contributed by atoms with Crippen molar-refractivity contribution >= 4 is 5.90 Å². The van der Waals surface area contributed by atoms with E-state index in [0.717, 1.165) is 11.1 Å². The molecule has 0 saturated carbocycles. The third-order valence-electron chi connectivity index (χ3n) is 4.12. The Balaban J connectivity index is 1.76. The molecule has 2 nitrogen and oxygen atoms in total. The third kappa shape index (κ3) is 2.81. The Bertz CT molecular complexity index is 861. The van der Waals surface area contributed by atoms with Gasteiger partial charge in [0, 0.05) is 5.56 Å². The van der Waals surface area contributed by atoms with Gasteiger partial charge in [0.2, 0.25) is 5.90 Å². The van der Waals surface area contributed by atoms with E-state index in [0.29, 0.717) is 11.5 Å². The molecule has 118 valence electrons. The van der Waals surface area contributed by atoms with Gasteiger partial charge in [-0.2, -0.15) is 0 Å². The topological polar surface area (TPSA) is 21.6 Å². The van der Waals surface area contributed by atoms with Crippen LogP contribution in [0, 0.1) is 5.82 Å². The van der Waals surface area contributed by atoms with E-state index >= 15 is 0 Å². The number of hydrogen-bond donors (Lipinski definition) is 0. The number of nitrogens with zero attached hydrogens (tertiary/aromatic N) is 1. The highest BCUT2D eigenvalue weighted by molar-refractivity contribution is 5.95. The number of halogens is 1. The molecule has 0 amide bonds. The molecule has 1 aliphatic rings. The smallest absolute Gasteiger partial charge is 0.217 e. The van der Waals surface area contributed by atoms with Gasteiger partial charge in [-0.3, -0.25) is 0 Å². The van der Waals surface area contributed by atoms with Gasteiger partial charge in [0.15, 0.2) is 6.10 Å². The molecule has 0 radical (unpaired) electrons. The van der Waals surface area contributed by atoms with Crippen LogP contribution in [0.4, 0.5) is 4.39 Å². The van der Waals surface area contributed by atoms with Gasteiger partial charge >= 0.3 is 0 Å². The van der Waals surface area contributed by atoms with Crippen LogP contribution in [-0.2, 0) is 4.74 Å². The first kappa shape index (κ1) is 14.6. The van der Waals surface area contributed by atoms with E-state index in [4.69, 9.17) is 9.73 Å². The Hall–Kier alpha value is -2.94. The van der Waals surface area contributed by atoms with Crippen LogP contribution in [0.1, 0.15) is 28.8 Å². The molecule has 0 spiro atoms. The van der Waals surface area contributed by atoms with Crippen molar-refractivity contribution in [2.24, 2.45) is 4.99 Å². The maximum absolute atomic E-state index is 13.6. The second-order valence-corrected chi connectivity index (χ2v) is 5.75. The molecule has 0 unspecified atom stereocenters. The van der Waals surface area contributed by atoms with Crippen molar-refractivity contribution in [3.05, 3.63) is 107 Å². The molecule has 1 heterocycles. The van der Waals surface area contributed by atoms with Crippen LogP contribution in [0.2, 0.25) is 0 Å². The van der Waals surface area contributed by atoms with Crippen molar-refractivity contribution in [3.8, 4) is 0 Å². The van der Waals surface area contributed by atoms with E-state index < -0.39 is 0 Å². The van der Waals surface area contributed by atoms with Crippen molar-refractivity contribution in [2.45, 2.75) is 12.1 Å². The van der Waals surface area contributed by atoms with Crippen molar-refractivity contribution in [1.82, 2.24) is 0 Å². The average Bonchev–Trinajstić information content (AvgIpc) is 3.09. The summed E-state index contributed by atoms with van der Waals surface area (Å²) < 4.78 is 19.7. The van der Waals surface area contributed by atoms with Crippen LogP contribution in [0.25, 0.3) is 0 Å². The lowest BCUT2D eigenvalue weighted by atomic mass is 9.97. The molecule has 1 aliphatic heterocycles. The van der Waals surface area contributed by atoms with Crippen molar-refractivity contribution in [1.29, 1.82) is 0 Å². The lowest BCUT2D eigenvalue weighted by Gasteiger charge is -2.18. The van der Waals surface area contributed by atoms with Crippen LogP contribution in [-0.4, -0.2) is 5.90 Å². The van der Waals surface area contributed by atoms with Crippen LogP contribution in [0.15, 0.2) is 89.9 Å². The van der Waals surface area contributed by atoms with Gasteiger partial charge in [-0.25, -0.2) is 9.38 Å². The first-order valence-electron chi connectivity index (χ1n) is 7.91. The van der Waals surface area contributed by atoms with Crippen LogP contribution >= 0.6 is 0 Å². The Labute approximate surface area is 140 Å². The van der Waals surface area contributed by atoms with Gasteiger partial charge in [-0.1, -0.05) is 66.7 Å². The third-order valence-corrected chi connectivity index (χ3v) is 4.12. The molecule has 4 rings (SSSR count). The molecular formula is C21H16FNO. The molecule has 24 heavy (non-hydrogen) atoms. The zero-order valence-corrected chi connectivity index (χ0v) is 13.0. The highest BCUT2D eigenvalue weighted by atomic mass is 19.1. The van der Waals surface area contributed by atoms with E-state index in [1.54, 1.807) is 6.07 Å². The van der Waals surface area contributed by atoms with Gasteiger partial charge in [0.1, 0.15) is 11.9 Å². The summed E-state index contributed by atoms with van der Waals surface area (Å²) in [7, 11) is 0. The fourth-order valence-corrected chi connectivity index (χ4v) is 2.97. The monoisotopic (exact) mass is 317 g/mol. The predicted molar refractivity (Wildman–Crippen MR) is 92.4 cm³/mol. The number of ether oxygens (including phenoxy) is 1. The summed E-state index contributed by atoms with van der Waals surface area (Å²) in [5.74, 6) is 0.190. The number of hydrogen-bond acceptors (Lipinski definition) is 2. The summed E-state index contributed by atoms with van der Waals surface area (Å²) in [6.45, 7) is 0. The lowest BCUT2D eigenvalue weighted by Crippen LogP contribution is -2.09. The zero-order chi connectivity index (χ0) is 16.4. The molecule has 2 atom stereocenters. The number of rotatable bonds is 3. The fraction of sp³-hybridized carbons (Fsp3) is 0.0952. The van der Waals surface area contributed by atoms with Gasteiger partial charge in [-0.15, -0.1) is 0 Å². The Morgan fingerprint density at radius 2 is 1.42 bits per heavy atom. The highest BCUT2D eigenvalue weighted by Crippen LogP contribution is 2.40. The molecule has 3 aromatic carbocycles. The largest absolute Gasteiger partial charge is 0.467 e. The van der Waals surface area contributed by atoms with Crippen LogP contribution in [0.5, 0.6) is 0 Å². The minimum absolute atomic E-state index is 0.146. The summed E-state index contributed by atoms with van der Waals surface area (Å²) in [4.78, 5) is 4.76. The quantitative estimate of drug-likeness (QED) is 0.660. The van der Waals surface area contributed by atoms with Crippen molar-refractivity contribution in [3.63, 3.8) is 0 Å². The van der Waals surface area contributed by atoms with E-state index in [9.17, 15) is 4.39 Å². The van der Waals surface area contributed by atoms with Gasteiger partial charge in [0.25, 0.3) is 0 Å². The molecular weight excluding hydrogens is 301 g/mol. The summed E-state index contributed by atoms with van der Waals surface area (Å²) in [6.07, 6.45) is -0.216. The average molecular weight is 317 g/mol. The SMILES string of the molecule is Fc1cccc(C2=N[C@H](c3ccccc3)[C@@H](c3ccccc3)O2)c1. The number of benzene rings is 3. The fourth-order valence-electron chi connectivity index (χ4n) is 2.97. The molecule has 0 N–H and O–H groups in total. The molecule has 0 bridgehead atoms. The van der Waals surface area contributed by atoms with Crippen LogP contribution in [0.3, 0.4) is 0 Å². The maximum Gasteiger partial charge on any atom is 0.217 e. The summed E-state index contributed by atoms with van der Waals surface area (Å²) in [6, 6.07) is 26.3. The van der Waals surface area contributed by atoms with Gasteiger partial charge < -0.3 is 4.74 Å². The Kier molecular flexibility index (Phi) is 3.83. The predicted octanol–water partition coefficient (Wildman–Crippen LogP) is 5.09.